The molecule has 1 rings (SSSR count). The van der Waals surface area contributed by atoms with E-state index in [-0.39, 0.29) is 11.0 Å². The molecule has 0 aliphatic heterocycles. The van der Waals surface area contributed by atoms with Gasteiger partial charge in [0.25, 0.3) is 0 Å². The summed E-state index contributed by atoms with van der Waals surface area (Å²) in [6, 6.07) is 0. The van der Waals surface area contributed by atoms with Crippen molar-refractivity contribution in [3.05, 3.63) is 23.8 Å². The van der Waals surface area contributed by atoms with E-state index in [4.69, 9.17) is 0 Å². The maximum absolute atomic E-state index is 4.14. The molecule has 2 unspecified atom stereocenters. The lowest BCUT2D eigenvalue weighted by atomic mass is 9.94. The quantitative estimate of drug-likeness (QED) is 0.438. The summed E-state index contributed by atoms with van der Waals surface area (Å²) < 4.78 is 0. The van der Waals surface area contributed by atoms with Crippen molar-refractivity contribution in [2.75, 3.05) is 0 Å². The number of hydrogen-bond donors (Lipinski definition) is 0. The minimum atomic E-state index is -0.121. The first-order valence-corrected chi connectivity index (χ1v) is 4.26. The largest absolute Gasteiger partial charge is 0.289 e. The Bertz CT molecular complexity index is 275. The third-order valence-corrected chi connectivity index (χ3v) is 3.64. The van der Waals surface area contributed by atoms with E-state index in [0.717, 1.165) is 0 Å². The molecule has 0 bridgehead atoms. The summed E-state index contributed by atoms with van der Waals surface area (Å²) in [6.45, 7) is 16.1. The molecular formula is C11H17N. The van der Waals surface area contributed by atoms with Gasteiger partial charge < -0.3 is 0 Å². The summed E-state index contributed by atoms with van der Waals surface area (Å²) in [4.78, 5) is 4.14. The Morgan fingerprint density at radius 3 is 2.25 bits per heavy atom. The molecule has 1 aliphatic rings. The lowest BCUT2D eigenvalue weighted by molar-refractivity contribution is 0.556. The topological polar surface area (TPSA) is 12.4 Å². The average Bonchev–Trinajstić information content (AvgIpc) is 2.53. The Labute approximate surface area is 74.9 Å². The average molecular weight is 163 g/mol. The predicted molar refractivity (Wildman–Crippen MR) is 54.6 cm³/mol. The van der Waals surface area contributed by atoms with Gasteiger partial charge in [-0.2, -0.15) is 0 Å². The highest BCUT2D eigenvalue weighted by molar-refractivity contribution is 5.58. The second kappa shape index (κ2) is 2.32. The van der Waals surface area contributed by atoms with Crippen molar-refractivity contribution in [3.8, 4) is 0 Å². The number of rotatable bonds is 2. The van der Waals surface area contributed by atoms with Gasteiger partial charge in [-0.25, -0.2) is 0 Å². The van der Waals surface area contributed by atoms with E-state index >= 15 is 0 Å². The first-order chi connectivity index (χ1) is 5.45. The molecule has 2 atom stereocenters. The van der Waals surface area contributed by atoms with Crippen LogP contribution in [0.3, 0.4) is 0 Å². The molecule has 1 aliphatic carbocycles. The van der Waals surface area contributed by atoms with Gasteiger partial charge in [0.1, 0.15) is 0 Å². The van der Waals surface area contributed by atoms with Crippen LogP contribution in [0, 0.1) is 5.41 Å². The molecule has 0 spiro atoms. The minimum absolute atomic E-state index is 0.0590. The first-order valence-electron chi connectivity index (χ1n) is 4.26. The Hall–Kier alpha value is -0.850. The fourth-order valence-electron chi connectivity index (χ4n) is 1.92. The lowest BCUT2D eigenvalue weighted by Crippen LogP contribution is -2.11. The zero-order valence-electron chi connectivity index (χ0n) is 8.44. The summed E-state index contributed by atoms with van der Waals surface area (Å²) >= 11 is 0. The molecule has 0 aromatic rings. The Morgan fingerprint density at radius 2 is 2.00 bits per heavy atom. The standard InChI is InChI=1S/C11H17N/c1-7-8(2)10(4)9(3)11(10,5)12-6/h7H,3,6H2,1-2,4-5H3/b8-7+. The van der Waals surface area contributed by atoms with Crippen LogP contribution in [-0.4, -0.2) is 12.3 Å². The van der Waals surface area contributed by atoms with Crippen LogP contribution in [0.5, 0.6) is 0 Å². The van der Waals surface area contributed by atoms with Gasteiger partial charge in [0, 0.05) is 5.41 Å². The molecule has 0 amide bonds. The SMILES string of the molecule is C=NC1(C)C(=C)C1(C)/C(C)=C/C. The molecule has 1 heteroatoms. The molecule has 0 heterocycles. The minimum Gasteiger partial charge on any atom is -0.289 e. The van der Waals surface area contributed by atoms with Crippen LogP contribution in [0.2, 0.25) is 0 Å². The molecule has 0 saturated heterocycles. The number of allylic oxidation sites excluding steroid dienone is 1. The highest BCUT2D eigenvalue weighted by atomic mass is 15.0. The van der Waals surface area contributed by atoms with Gasteiger partial charge in [-0.15, -0.1) is 0 Å². The molecule has 0 N–H and O–H groups in total. The van der Waals surface area contributed by atoms with Gasteiger partial charge in [-0.05, 0) is 40.0 Å². The van der Waals surface area contributed by atoms with Crippen molar-refractivity contribution in [1.82, 2.24) is 0 Å². The van der Waals surface area contributed by atoms with Gasteiger partial charge in [0.2, 0.25) is 0 Å². The smallest absolute Gasteiger partial charge is 0.0916 e. The first kappa shape index (κ1) is 9.24. The monoisotopic (exact) mass is 163 g/mol. The zero-order chi connectivity index (χ0) is 9.57. The maximum atomic E-state index is 4.14. The summed E-state index contributed by atoms with van der Waals surface area (Å²) in [5, 5.41) is 0. The number of hydrogen-bond acceptors (Lipinski definition) is 1. The second-order valence-electron chi connectivity index (χ2n) is 3.81. The van der Waals surface area contributed by atoms with Crippen LogP contribution in [0.1, 0.15) is 27.7 Å². The van der Waals surface area contributed by atoms with Crippen LogP contribution < -0.4 is 0 Å². The lowest BCUT2D eigenvalue weighted by Gasteiger charge is -2.13. The van der Waals surface area contributed by atoms with Crippen molar-refractivity contribution in [3.63, 3.8) is 0 Å². The summed E-state index contributed by atoms with van der Waals surface area (Å²) in [5.41, 5.74) is 2.45. The van der Waals surface area contributed by atoms with Crippen molar-refractivity contribution >= 4 is 6.72 Å². The normalized spacial score (nSPS) is 41.3. The molecule has 0 radical (unpaired) electrons. The number of aliphatic imine (C=N–C) groups is 1. The predicted octanol–water partition coefficient (Wildman–Crippen LogP) is 2.99. The molecule has 66 valence electrons. The molecule has 1 fully saturated rings. The van der Waals surface area contributed by atoms with E-state index < -0.39 is 0 Å². The maximum Gasteiger partial charge on any atom is 0.0916 e. The zero-order valence-corrected chi connectivity index (χ0v) is 8.44. The fraction of sp³-hybridized carbons (Fsp3) is 0.545. The van der Waals surface area contributed by atoms with Crippen molar-refractivity contribution < 1.29 is 0 Å². The molecule has 0 aromatic heterocycles. The fourth-order valence-corrected chi connectivity index (χ4v) is 1.92. The van der Waals surface area contributed by atoms with Crippen LogP contribution in [-0.2, 0) is 0 Å². The van der Waals surface area contributed by atoms with Gasteiger partial charge in [0.05, 0.1) is 5.54 Å². The third-order valence-electron chi connectivity index (χ3n) is 3.64. The van der Waals surface area contributed by atoms with E-state index in [0.29, 0.717) is 0 Å². The van der Waals surface area contributed by atoms with Crippen LogP contribution in [0.25, 0.3) is 0 Å². The van der Waals surface area contributed by atoms with Gasteiger partial charge >= 0.3 is 0 Å². The molecular weight excluding hydrogens is 146 g/mol. The van der Waals surface area contributed by atoms with Gasteiger partial charge in [0.15, 0.2) is 0 Å². The molecule has 0 aromatic carbocycles. The highest BCUT2D eigenvalue weighted by Crippen LogP contribution is 2.66. The van der Waals surface area contributed by atoms with E-state index in [9.17, 15) is 0 Å². The van der Waals surface area contributed by atoms with Crippen molar-refractivity contribution in [2.45, 2.75) is 33.2 Å². The van der Waals surface area contributed by atoms with Crippen molar-refractivity contribution in [1.29, 1.82) is 0 Å². The Kier molecular flexibility index (Phi) is 1.78. The van der Waals surface area contributed by atoms with Gasteiger partial charge in [-0.3, -0.25) is 4.99 Å². The Balaban J connectivity index is 3.09. The van der Waals surface area contributed by atoms with E-state index in [1.54, 1.807) is 0 Å². The summed E-state index contributed by atoms with van der Waals surface area (Å²) in [5.74, 6) is 0. The third kappa shape index (κ3) is 0.715. The van der Waals surface area contributed by atoms with E-state index in [2.05, 4.69) is 52.1 Å². The van der Waals surface area contributed by atoms with E-state index in [1.165, 1.54) is 11.1 Å². The second-order valence-corrected chi connectivity index (χ2v) is 3.81. The highest BCUT2D eigenvalue weighted by Gasteiger charge is 2.66. The Morgan fingerprint density at radius 1 is 1.50 bits per heavy atom. The van der Waals surface area contributed by atoms with Gasteiger partial charge in [-0.1, -0.05) is 18.2 Å². The van der Waals surface area contributed by atoms with Crippen LogP contribution in [0.4, 0.5) is 0 Å². The van der Waals surface area contributed by atoms with Crippen LogP contribution >= 0.6 is 0 Å². The number of nitrogens with zero attached hydrogens (tertiary/aromatic N) is 1. The molecule has 1 saturated carbocycles. The summed E-state index contributed by atoms with van der Waals surface area (Å²) in [7, 11) is 0. The molecule has 1 nitrogen and oxygen atoms in total. The van der Waals surface area contributed by atoms with E-state index in [1.807, 2.05) is 0 Å². The van der Waals surface area contributed by atoms with Crippen LogP contribution in [0.15, 0.2) is 28.8 Å². The molecule has 12 heavy (non-hydrogen) atoms. The van der Waals surface area contributed by atoms with Crippen molar-refractivity contribution in [2.24, 2.45) is 10.4 Å². The summed E-state index contributed by atoms with van der Waals surface area (Å²) in [6.07, 6.45) is 2.13.